The minimum absolute atomic E-state index is 0.188. The number of benzene rings is 1. The van der Waals surface area contributed by atoms with Crippen molar-refractivity contribution in [3.8, 4) is 0 Å². The molecule has 0 fully saturated rings. The van der Waals surface area contributed by atoms with Gasteiger partial charge in [-0.15, -0.1) is 0 Å². The van der Waals surface area contributed by atoms with E-state index >= 15 is 0 Å². The highest BCUT2D eigenvalue weighted by Crippen LogP contribution is 2.55. The lowest BCUT2D eigenvalue weighted by atomic mass is 9.93. The van der Waals surface area contributed by atoms with Gasteiger partial charge in [-0.3, -0.25) is 0 Å². The van der Waals surface area contributed by atoms with Gasteiger partial charge in [-0.2, -0.15) is 0 Å². The zero-order valence-electron chi connectivity index (χ0n) is 13.2. The van der Waals surface area contributed by atoms with Gasteiger partial charge in [-0.05, 0) is 49.2 Å². The van der Waals surface area contributed by atoms with Gasteiger partial charge in [0.25, 0.3) is 0 Å². The zero-order chi connectivity index (χ0) is 15.5. The van der Waals surface area contributed by atoms with Crippen LogP contribution in [0.1, 0.15) is 26.7 Å². The summed E-state index contributed by atoms with van der Waals surface area (Å²) in [6, 6.07) is 10.8. The smallest absolute Gasteiger partial charge is 0.0810 e. The Bertz CT molecular complexity index is 652. The molecule has 1 N–H and O–H groups in total. The third kappa shape index (κ3) is 3.16. The fourth-order valence-electron chi connectivity index (χ4n) is 3.12. The molecule has 1 nitrogen and oxygen atoms in total. The summed E-state index contributed by atoms with van der Waals surface area (Å²) in [7, 11) is -0.481. The molecule has 0 radical (unpaired) electrons. The standard InChI is InChI=1S/C20H23OP/c1-15-13-19(14-16(2)20(15)21)22(17-9-5-3-6-10-17)18-11-7-4-8-12-18/h3-7,9-11,13-15,20-21H,8,12H2,1-2H3. The van der Waals surface area contributed by atoms with Gasteiger partial charge in [0, 0.05) is 5.92 Å². The maximum Gasteiger partial charge on any atom is 0.0810 e. The summed E-state index contributed by atoms with van der Waals surface area (Å²) in [5, 5.41) is 14.5. The highest BCUT2D eigenvalue weighted by atomic mass is 31.1. The molecule has 22 heavy (non-hydrogen) atoms. The average Bonchev–Trinajstić information content (AvgIpc) is 2.55. The molecule has 3 rings (SSSR count). The molecule has 0 heterocycles. The second kappa shape index (κ2) is 6.77. The average molecular weight is 310 g/mol. The van der Waals surface area contributed by atoms with Crippen LogP contribution in [-0.2, 0) is 0 Å². The lowest BCUT2D eigenvalue weighted by Gasteiger charge is -2.30. The largest absolute Gasteiger partial charge is 0.388 e. The maximum absolute atomic E-state index is 10.2. The van der Waals surface area contributed by atoms with Crippen LogP contribution >= 0.6 is 7.92 Å². The van der Waals surface area contributed by atoms with E-state index in [1.807, 2.05) is 6.92 Å². The lowest BCUT2D eigenvalue weighted by Crippen LogP contribution is -2.21. The van der Waals surface area contributed by atoms with Crippen LogP contribution < -0.4 is 5.30 Å². The van der Waals surface area contributed by atoms with E-state index < -0.39 is 7.92 Å². The van der Waals surface area contributed by atoms with E-state index in [-0.39, 0.29) is 12.0 Å². The molecule has 0 spiro atoms. The molecule has 1 aromatic rings. The Morgan fingerprint density at radius 2 is 1.95 bits per heavy atom. The Morgan fingerprint density at radius 3 is 2.59 bits per heavy atom. The minimum Gasteiger partial charge on any atom is -0.388 e. The van der Waals surface area contributed by atoms with Gasteiger partial charge >= 0.3 is 0 Å². The number of aliphatic hydroxyl groups is 1. The summed E-state index contributed by atoms with van der Waals surface area (Å²) < 4.78 is 0. The molecule has 2 aliphatic carbocycles. The number of hydrogen-bond acceptors (Lipinski definition) is 1. The Kier molecular flexibility index (Phi) is 4.76. The summed E-state index contributed by atoms with van der Waals surface area (Å²) in [5.41, 5.74) is 1.08. The van der Waals surface area contributed by atoms with Crippen molar-refractivity contribution in [2.24, 2.45) is 5.92 Å². The first-order valence-corrected chi connectivity index (χ1v) is 9.30. The quantitative estimate of drug-likeness (QED) is 0.790. The van der Waals surface area contributed by atoms with E-state index in [4.69, 9.17) is 0 Å². The van der Waals surface area contributed by atoms with E-state index in [9.17, 15) is 5.11 Å². The fraction of sp³-hybridized carbons (Fsp3) is 0.300. The van der Waals surface area contributed by atoms with Gasteiger partial charge in [0.15, 0.2) is 0 Å². The van der Waals surface area contributed by atoms with Crippen molar-refractivity contribution in [1.82, 2.24) is 0 Å². The lowest BCUT2D eigenvalue weighted by molar-refractivity contribution is 0.171. The number of hydrogen-bond donors (Lipinski definition) is 1. The first kappa shape index (κ1) is 15.5. The van der Waals surface area contributed by atoms with Crippen molar-refractivity contribution >= 4 is 13.2 Å². The minimum atomic E-state index is -0.481. The SMILES string of the molecule is CC1=CC(P(C2=CC=CCC2)c2ccccc2)=CC(C)C1O. The summed E-state index contributed by atoms with van der Waals surface area (Å²) in [5.74, 6) is 0.188. The number of rotatable bonds is 3. The van der Waals surface area contributed by atoms with Crippen molar-refractivity contribution in [2.45, 2.75) is 32.8 Å². The van der Waals surface area contributed by atoms with Gasteiger partial charge in [0.1, 0.15) is 0 Å². The van der Waals surface area contributed by atoms with E-state index in [2.05, 4.69) is 67.6 Å². The first-order chi connectivity index (χ1) is 10.7. The third-order valence-electron chi connectivity index (χ3n) is 4.33. The normalized spacial score (nSPS) is 26.0. The van der Waals surface area contributed by atoms with Crippen LogP contribution in [0, 0.1) is 5.92 Å². The van der Waals surface area contributed by atoms with Crippen molar-refractivity contribution in [2.75, 3.05) is 0 Å². The summed E-state index contributed by atoms with van der Waals surface area (Å²) >= 11 is 0. The second-order valence-electron chi connectivity index (χ2n) is 6.08. The van der Waals surface area contributed by atoms with E-state index in [1.165, 1.54) is 15.9 Å². The van der Waals surface area contributed by atoms with Gasteiger partial charge in [-0.1, -0.05) is 67.6 Å². The molecule has 0 amide bonds. The van der Waals surface area contributed by atoms with Gasteiger partial charge in [0.05, 0.1) is 6.10 Å². The van der Waals surface area contributed by atoms with Crippen LogP contribution in [-0.4, -0.2) is 11.2 Å². The molecule has 3 unspecified atom stereocenters. The molecule has 0 aromatic heterocycles. The summed E-state index contributed by atoms with van der Waals surface area (Å²) in [4.78, 5) is 0. The van der Waals surface area contributed by atoms with Crippen LogP contribution in [0.2, 0.25) is 0 Å². The van der Waals surface area contributed by atoms with Crippen LogP contribution in [0.4, 0.5) is 0 Å². The molecule has 1 aromatic carbocycles. The molecule has 3 atom stereocenters. The Morgan fingerprint density at radius 1 is 1.18 bits per heavy atom. The Hall–Kier alpha value is -1.43. The van der Waals surface area contributed by atoms with E-state index in [1.54, 1.807) is 0 Å². The molecule has 114 valence electrons. The molecular weight excluding hydrogens is 287 g/mol. The van der Waals surface area contributed by atoms with Crippen LogP contribution in [0.25, 0.3) is 0 Å². The molecule has 0 bridgehead atoms. The monoisotopic (exact) mass is 310 g/mol. The molecule has 2 aliphatic rings. The fourth-order valence-corrected chi connectivity index (χ4v) is 5.85. The third-order valence-corrected chi connectivity index (χ3v) is 6.88. The van der Waals surface area contributed by atoms with Crippen LogP contribution in [0.5, 0.6) is 0 Å². The predicted octanol–water partition coefficient (Wildman–Crippen LogP) is 4.87. The zero-order valence-corrected chi connectivity index (χ0v) is 14.1. The first-order valence-electron chi connectivity index (χ1n) is 7.96. The van der Waals surface area contributed by atoms with Crippen LogP contribution in [0.15, 0.2) is 76.9 Å². The van der Waals surface area contributed by atoms with Crippen LogP contribution in [0.3, 0.4) is 0 Å². The maximum atomic E-state index is 10.2. The molecule has 0 saturated carbocycles. The summed E-state index contributed by atoms with van der Waals surface area (Å²) in [6.07, 6.45) is 13.1. The molecule has 0 aliphatic heterocycles. The number of allylic oxidation sites excluding steroid dienone is 6. The molecule has 2 heteroatoms. The van der Waals surface area contributed by atoms with E-state index in [0.717, 1.165) is 18.4 Å². The van der Waals surface area contributed by atoms with Gasteiger partial charge in [0.2, 0.25) is 0 Å². The van der Waals surface area contributed by atoms with Gasteiger partial charge in [-0.25, -0.2) is 0 Å². The van der Waals surface area contributed by atoms with Crippen molar-refractivity contribution < 1.29 is 5.11 Å². The van der Waals surface area contributed by atoms with Crippen molar-refractivity contribution in [3.63, 3.8) is 0 Å². The Labute approximate surface area is 134 Å². The molecule has 0 saturated heterocycles. The Balaban J connectivity index is 2.05. The highest BCUT2D eigenvalue weighted by Gasteiger charge is 2.26. The topological polar surface area (TPSA) is 20.2 Å². The number of aliphatic hydroxyl groups excluding tert-OH is 1. The van der Waals surface area contributed by atoms with Crippen molar-refractivity contribution in [1.29, 1.82) is 0 Å². The molecular formula is C20H23OP. The predicted molar refractivity (Wildman–Crippen MR) is 96.5 cm³/mol. The highest BCUT2D eigenvalue weighted by molar-refractivity contribution is 7.73. The summed E-state index contributed by atoms with van der Waals surface area (Å²) in [6.45, 7) is 4.15. The second-order valence-corrected chi connectivity index (χ2v) is 8.36. The van der Waals surface area contributed by atoms with Gasteiger partial charge < -0.3 is 5.11 Å². The van der Waals surface area contributed by atoms with Crippen molar-refractivity contribution in [3.05, 3.63) is 76.9 Å². The van der Waals surface area contributed by atoms with E-state index in [0.29, 0.717) is 0 Å².